The monoisotopic (exact) mass is 151 g/mol. The van der Waals surface area contributed by atoms with Crippen LogP contribution in [0.25, 0.3) is 0 Å². The Morgan fingerprint density at radius 2 is 2.18 bits per heavy atom. The van der Waals surface area contributed by atoms with Gasteiger partial charge in [-0.2, -0.15) is 0 Å². The lowest BCUT2D eigenvalue weighted by atomic mass is 10.2. The van der Waals surface area contributed by atoms with Gasteiger partial charge in [-0.15, -0.1) is 0 Å². The SMILES string of the molecule is CCC(CC)Nn1[c]ccc1. The van der Waals surface area contributed by atoms with Crippen molar-refractivity contribution in [3.63, 3.8) is 0 Å². The molecular formula is C9H15N2. The molecule has 0 bridgehead atoms. The summed E-state index contributed by atoms with van der Waals surface area (Å²) >= 11 is 0. The van der Waals surface area contributed by atoms with Crippen LogP contribution in [0.1, 0.15) is 26.7 Å². The lowest BCUT2D eigenvalue weighted by molar-refractivity contribution is 0.600. The van der Waals surface area contributed by atoms with Crippen LogP contribution in [0.5, 0.6) is 0 Å². The van der Waals surface area contributed by atoms with Crippen molar-refractivity contribution in [2.45, 2.75) is 32.7 Å². The van der Waals surface area contributed by atoms with E-state index in [-0.39, 0.29) is 0 Å². The Kier molecular flexibility index (Phi) is 3.02. The third-order valence-electron chi connectivity index (χ3n) is 1.85. The molecule has 0 atom stereocenters. The maximum absolute atomic E-state index is 3.32. The van der Waals surface area contributed by atoms with Crippen molar-refractivity contribution in [3.05, 3.63) is 24.5 Å². The highest BCUT2D eigenvalue weighted by molar-refractivity contribution is 4.93. The van der Waals surface area contributed by atoms with Crippen molar-refractivity contribution in [2.24, 2.45) is 0 Å². The minimum absolute atomic E-state index is 0.568. The van der Waals surface area contributed by atoms with E-state index in [2.05, 4.69) is 25.5 Å². The van der Waals surface area contributed by atoms with Gasteiger partial charge >= 0.3 is 0 Å². The van der Waals surface area contributed by atoms with Crippen LogP contribution in [0, 0.1) is 6.20 Å². The van der Waals surface area contributed by atoms with Gasteiger partial charge in [-0.1, -0.05) is 13.8 Å². The fourth-order valence-corrected chi connectivity index (χ4v) is 1.04. The first-order chi connectivity index (χ1) is 5.36. The molecule has 0 aliphatic heterocycles. The molecule has 1 radical (unpaired) electrons. The van der Waals surface area contributed by atoms with Crippen molar-refractivity contribution in [1.82, 2.24) is 4.68 Å². The van der Waals surface area contributed by atoms with Crippen LogP contribution in [0.2, 0.25) is 0 Å². The number of hydrogen-bond acceptors (Lipinski definition) is 1. The first-order valence-corrected chi connectivity index (χ1v) is 4.18. The normalized spacial score (nSPS) is 10.5. The molecule has 0 saturated carbocycles. The van der Waals surface area contributed by atoms with Crippen molar-refractivity contribution in [1.29, 1.82) is 0 Å². The largest absolute Gasteiger partial charge is 0.323 e. The van der Waals surface area contributed by atoms with E-state index in [1.54, 1.807) is 0 Å². The van der Waals surface area contributed by atoms with E-state index in [9.17, 15) is 0 Å². The van der Waals surface area contributed by atoms with Crippen molar-refractivity contribution >= 4 is 0 Å². The number of nitrogens with zero attached hydrogens (tertiary/aromatic N) is 1. The predicted molar refractivity (Wildman–Crippen MR) is 47.0 cm³/mol. The summed E-state index contributed by atoms with van der Waals surface area (Å²) in [6.07, 6.45) is 7.32. The molecule has 0 aromatic carbocycles. The Morgan fingerprint density at radius 1 is 1.45 bits per heavy atom. The molecule has 1 aromatic heterocycles. The Bertz CT molecular complexity index is 175. The van der Waals surface area contributed by atoms with E-state index in [0.717, 1.165) is 12.8 Å². The highest BCUT2D eigenvalue weighted by Gasteiger charge is 2.00. The fraction of sp³-hybridized carbons (Fsp3) is 0.556. The average molecular weight is 151 g/mol. The number of nitrogens with one attached hydrogen (secondary N) is 1. The van der Waals surface area contributed by atoms with Gasteiger partial charge in [0, 0.05) is 12.2 Å². The number of rotatable bonds is 4. The molecule has 2 heteroatoms. The molecule has 0 fully saturated rings. The minimum atomic E-state index is 0.568. The van der Waals surface area contributed by atoms with Crippen LogP contribution in [0.3, 0.4) is 0 Å². The van der Waals surface area contributed by atoms with Crippen LogP contribution in [-0.2, 0) is 0 Å². The smallest absolute Gasteiger partial charge is 0.0876 e. The van der Waals surface area contributed by atoms with Gasteiger partial charge in [-0.25, -0.2) is 0 Å². The first kappa shape index (κ1) is 8.18. The molecule has 2 nitrogen and oxygen atoms in total. The fourth-order valence-electron chi connectivity index (χ4n) is 1.04. The Balaban J connectivity index is 2.41. The Labute approximate surface area is 68.2 Å². The molecule has 61 valence electrons. The average Bonchev–Trinajstić information content (AvgIpc) is 2.52. The second kappa shape index (κ2) is 4.06. The highest BCUT2D eigenvalue weighted by atomic mass is 15.4. The molecule has 11 heavy (non-hydrogen) atoms. The van der Waals surface area contributed by atoms with Crippen LogP contribution >= 0.6 is 0 Å². The van der Waals surface area contributed by atoms with Crippen LogP contribution in [0.15, 0.2) is 18.3 Å². The van der Waals surface area contributed by atoms with Gasteiger partial charge in [0.2, 0.25) is 0 Å². The summed E-state index contributed by atoms with van der Waals surface area (Å²) in [5.74, 6) is 0. The summed E-state index contributed by atoms with van der Waals surface area (Å²) < 4.78 is 1.89. The third-order valence-corrected chi connectivity index (χ3v) is 1.85. The molecule has 0 aliphatic rings. The van der Waals surface area contributed by atoms with Gasteiger partial charge in [-0.3, -0.25) is 4.68 Å². The van der Waals surface area contributed by atoms with Crippen molar-refractivity contribution in [2.75, 3.05) is 5.43 Å². The maximum Gasteiger partial charge on any atom is 0.0876 e. The Hall–Kier alpha value is -0.920. The van der Waals surface area contributed by atoms with Crippen molar-refractivity contribution < 1.29 is 0 Å². The summed E-state index contributed by atoms with van der Waals surface area (Å²) in [5, 5.41) is 0. The van der Waals surface area contributed by atoms with E-state index in [4.69, 9.17) is 0 Å². The molecule has 0 unspecified atom stereocenters. The van der Waals surface area contributed by atoms with Gasteiger partial charge < -0.3 is 5.43 Å². The molecule has 0 amide bonds. The summed E-state index contributed by atoms with van der Waals surface area (Å²) in [4.78, 5) is 0. The molecule has 1 heterocycles. The minimum Gasteiger partial charge on any atom is -0.323 e. The highest BCUT2D eigenvalue weighted by Crippen LogP contribution is 1.98. The third kappa shape index (κ3) is 2.30. The summed E-state index contributed by atoms with van der Waals surface area (Å²) in [5.41, 5.74) is 3.32. The van der Waals surface area contributed by atoms with E-state index in [1.807, 2.05) is 23.0 Å². The predicted octanol–water partition coefficient (Wildman–Crippen LogP) is 2.02. The lowest BCUT2D eigenvalue weighted by Gasteiger charge is -2.16. The first-order valence-electron chi connectivity index (χ1n) is 4.18. The zero-order chi connectivity index (χ0) is 8.10. The van der Waals surface area contributed by atoms with E-state index in [0.29, 0.717) is 6.04 Å². The molecule has 1 aromatic rings. The number of hydrogen-bond donors (Lipinski definition) is 1. The molecular weight excluding hydrogens is 136 g/mol. The topological polar surface area (TPSA) is 17.0 Å². The van der Waals surface area contributed by atoms with Crippen molar-refractivity contribution in [3.8, 4) is 0 Å². The second-order valence-corrected chi connectivity index (χ2v) is 2.65. The zero-order valence-corrected chi connectivity index (χ0v) is 7.17. The second-order valence-electron chi connectivity index (χ2n) is 2.65. The van der Waals surface area contributed by atoms with Crippen LogP contribution in [0.4, 0.5) is 0 Å². The van der Waals surface area contributed by atoms with Crippen LogP contribution < -0.4 is 5.43 Å². The number of aromatic nitrogens is 1. The molecule has 1 N–H and O–H groups in total. The maximum atomic E-state index is 3.32. The standard InChI is InChI=1S/C9H15N2/c1-3-9(4-2)10-11-7-5-6-8-11/h5-7,9-10H,3-4H2,1-2H3. The van der Waals surface area contributed by atoms with Gasteiger partial charge in [0.1, 0.15) is 0 Å². The summed E-state index contributed by atoms with van der Waals surface area (Å²) in [6, 6.07) is 4.43. The van der Waals surface area contributed by atoms with Gasteiger partial charge in [-0.05, 0) is 25.0 Å². The quantitative estimate of drug-likeness (QED) is 0.696. The molecule has 0 spiro atoms. The lowest BCUT2D eigenvalue weighted by Crippen LogP contribution is -2.25. The molecule has 0 saturated heterocycles. The van der Waals surface area contributed by atoms with E-state index < -0.39 is 0 Å². The Morgan fingerprint density at radius 3 is 2.64 bits per heavy atom. The van der Waals surface area contributed by atoms with Gasteiger partial charge in [0.25, 0.3) is 0 Å². The van der Waals surface area contributed by atoms with E-state index in [1.165, 1.54) is 0 Å². The van der Waals surface area contributed by atoms with Gasteiger partial charge in [0.15, 0.2) is 0 Å². The molecule has 0 aliphatic carbocycles. The summed E-state index contributed by atoms with van der Waals surface area (Å²) in [6.45, 7) is 4.37. The zero-order valence-electron chi connectivity index (χ0n) is 7.17. The van der Waals surface area contributed by atoms with Gasteiger partial charge in [0.05, 0.1) is 6.20 Å². The van der Waals surface area contributed by atoms with Crippen LogP contribution in [-0.4, -0.2) is 10.7 Å². The van der Waals surface area contributed by atoms with E-state index >= 15 is 0 Å². The molecule has 1 rings (SSSR count). The summed E-state index contributed by atoms with van der Waals surface area (Å²) in [7, 11) is 0.